The lowest BCUT2D eigenvalue weighted by atomic mass is 10.2. The van der Waals surface area contributed by atoms with E-state index in [4.69, 9.17) is 0 Å². The van der Waals surface area contributed by atoms with Crippen molar-refractivity contribution in [1.82, 2.24) is 28.8 Å². The van der Waals surface area contributed by atoms with E-state index in [-0.39, 0.29) is 11.7 Å². The Kier molecular flexibility index (Phi) is 3.83. The molecule has 1 N–H and O–H groups in total. The Morgan fingerprint density at radius 2 is 1.79 bits per heavy atom. The normalized spacial score (nSPS) is 11.6. The lowest BCUT2D eigenvalue weighted by molar-refractivity contribution is -0.113. The fourth-order valence-corrected chi connectivity index (χ4v) is 3.92. The van der Waals surface area contributed by atoms with Gasteiger partial charge in [-0.05, 0) is 31.2 Å². The first-order valence-corrected chi connectivity index (χ1v) is 9.77. The molecule has 9 heteroatoms. The number of hydrogen-bond acceptors (Lipinski definition) is 5. The second kappa shape index (κ2) is 6.38. The lowest BCUT2D eigenvalue weighted by Crippen LogP contribution is -2.14. The largest absolute Gasteiger partial charge is 0.325 e. The number of carbonyl (C=O) groups excluding carboxylic acids is 1. The van der Waals surface area contributed by atoms with Crippen molar-refractivity contribution in [3.05, 3.63) is 54.1 Å². The molecule has 0 aliphatic carbocycles. The Hall–Kier alpha value is -3.33. The summed E-state index contributed by atoms with van der Waals surface area (Å²) in [7, 11) is 1.97. The summed E-state index contributed by atoms with van der Waals surface area (Å²) >= 11 is 1.31. The first kappa shape index (κ1) is 16.8. The molecule has 0 fully saturated rings. The average molecular weight is 391 g/mol. The van der Waals surface area contributed by atoms with Crippen LogP contribution in [0.1, 0.15) is 5.56 Å². The van der Waals surface area contributed by atoms with Gasteiger partial charge in [-0.25, -0.2) is 4.40 Å². The topological polar surface area (TPSA) is 81.5 Å². The minimum absolute atomic E-state index is 0.0974. The van der Waals surface area contributed by atoms with Crippen LogP contribution >= 0.6 is 11.8 Å². The summed E-state index contributed by atoms with van der Waals surface area (Å²) in [4.78, 5) is 12.3. The molecule has 3 aromatic heterocycles. The molecule has 0 spiro atoms. The summed E-state index contributed by atoms with van der Waals surface area (Å²) in [6, 6.07) is 15.8. The van der Waals surface area contributed by atoms with Crippen LogP contribution in [0.25, 0.3) is 22.6 Å². The molecule has 28 heavy (non-hydrogen) atoms. The number of aromatic nitrogens is 6. The van der Waals surface area contributed by atoms with Crippen LogP contribution in [-0.4, -0.2) is 40.4 Å². The highest BCUT2D eigenvalue weighted by Gasteiger charge is 2.19. The van der Waals surface area contributed by atoms with Gasteiger partial charge in [-0.1, -0.05) is 41.6 Å². The van der Waals surface area contributed by atoms with Crippen LogP contribution in [0.4, 0.5) is 5.69 Å². The molecule has 0 aliphatic heterocycles. The van der Waals surface area contributed by atoms with Crippen molar-refractivity contribution in [1.29, 1.82) is 0 Å². The Labute approximate surface area is 164 Å². The number of anilines is 1. The average Bonchev–Trinajstić information content (AvgIpc) is 3.34. The van der Waals surface area contributed by atoms with Gasteiger partial charge in [0.2, 0.25) is 16.8 Å². The number of thioether (sulfide) groups is 1. The third-order valence-electron chi connectivity index (χ3n) is 4.64. The van der Waals surface area contributed by atoms with Crippen LogP contribution in [0.3, 0.4) is 0 Å². The Morgan fingerprint density at radius 3 is 2.57 bits per heavy atom. The maximum absolute atomic E-state index is 12.3. The number of aryl methyl sites for hydroxylation is 2. The highest BCUT2D eigenvalue weighted by molar-refractivity contribution is 7.99. The number of fused-ring (bicyclic) bond motifs is 5. The highest BCUT2D eigenvalue weighted by Crippen LogP contribution is 2.24. The van der Waals surface area contributed by atoms with E-state index in [1.807, 2.05) is 71.5 Å². The fraction of sp³-hybridized carbons (Fsp3) is 0.158. The lowest BCUT2D eigenvalue weighted by Gasteiger charge is -2.04. The van der Waals surface area contributed by atoms with Gasteiger partial charge in [0.25, 0.3) is 5.78 Å². The maximum atomic E-state index is 12.3. The number of hydrogen-bond donors (Lipinski definition) is 1. The Bertz CT molecular complexity index is 1330. The van der Waals surface area contributed by atoms with Crippen LogP contribution < -0.4 is 5.32 Å². The number of imidazole rings is 1. The number of carbonyl (C=O) groups is 1. The van der Waals surface area contributed by atoms with E-state index < -0.39 is 0 Å². The van der Waals surface area contributed by atoms with Crippen LogP contribution in [0.2, 0.25) is 0 Å². The molecule has 5 rings (SSSR count). The third-order valence-corrected chi connectivity index (χ3v) is 5.56. The van der Waals surface area contributed by atoms with Gasteiger partial charge in [-0.2, -0.15) is 4.52 Å². The van der Waals surface area contributed by atoms with Gasteiger partial charge in [0, 0.05) is 12.7 Å². The summed E-state index contributed by atoms with van der Waals surface area (Å²) in [5, 5.41) is 16.6. The molecule has 0 saturated carbocycles. The summed E-state index contributed by atoms with van der Waals surface area (Å²) < 4.78 is 5.67. The van der Waals surface area contributed by atoms with Crippen LogP contribution in [-0.2, 0) is 11.8 Å². The molecular weight excluding hydrogens is 374 g/mol. The van der Waals surface area contributed by atoms with Crippen LogP contribution in [0, 0.1) is 6.92 Å². The summed E-state index contributed by atoms with van der Waals surface area (Å²) in [5.74, 6) is 1.54. The number of benzene rings is 2. The number of nitrogens with zero attached hydrogens (tertiary/aromatic N) is 6. The molecule has 8 nitrogen and oxygen atoms in total. The molecule has 140 valence electrons. The summed E-state index contributed by atoms with van der Waals surface area (Å²) in [6.07, 6.45) is 0. The highest BCUT2D eigenvalue weighted by atomic mass is 32.2. The van der Waals surface area contributed by atoms with E-state index >= 15 is 0 Å². The first-order valence-electron chi connectivity index (χ1n) is 8.78. The van der Waals surface area contributed by atoms with E-state index in [0.29, 0.717) is 10.9 Å². The zero-order valence-electron chi connectivity index (χ0n) is 15.3. The van der Waals surface area contributed by atoms with Gasteiger partial charge < -0.3 is 9.88 Å². The summed E-state index contributed by atoms with van der Waals surface area (Å²) in [6.45, 7) is 2.01. The van der Waals surface area contributed by atoms with E-state index in [1.165, 1.54) is 11.8 Å². The molecule has 2 aromatic carbocycles. The van der Waals surface area contributed by atoms with Crippen molar-refractivity contribution in [3.8, 4) is 0 Å². The number of amides is 1. The van der Waals surface area contributed by atoms with Gasteiger partial charge in [-0.15, -0.1) is 15.3 Å². The fourth-order valence-electron chi connectivity index (χ4n) is 3.24. The van der Waals surface area contributed by atoms with Crippen molar-refractivity contribution in [2.75, 3.05) is 11.1 Å². The molecule has 0 radical (unpaired) electrons. The molecule has 0 atom stereocenters. The molecule has 1 amide bonds. The first-order chi connectivity index (χ1) is 13.6. The smallest absolute Gasteiger partial charge is 0.260 e. The number of nitrogens with one attached hydrogen (secondary N) is 1. The quantitative estimate of drug-likeness (QED) is 0.477. The molecule has 0 bridgehead atoms. The van der Waals surface area contributed by atoms with E-state index in [0.717, 1.165) is 28.1 Å². The Morgan fingerprint density at radius 1 is 1.04 bits per heavy atom. The van der Waals surface area contributed by atoms with E-state index in [2.05, 4.69) is 20.6 Å². The van der Waals surface area contributed by atoms with Crippen molar-refractivity contribution < 1.29 is 4.79 Å². The van der Waals surface area contributed by atoms with Crippen molar-refractivity contribution in [3.63, 3.8) is 0 Å². The zero-order valence-corrected chi connectivity index (χ0v) is 16.1. The molecular formula is C19H17N7OS. The van der Waals surface area contributed by atoms with Crippen molar-refractivity contribution in [2.45, 2.75) is 12.1 Å². The Balaban J connectivity index is 1.41. The zero-order chi connectivity index (χ0) is 19.3. The summed E-state index contributed by atoms with van der Waals surface area (Å²) in [5.41, 5.74) is 4.02. The predicted octanol–water partition coefficient (Wildman–Crippen LogP) is 2.91. The van der Waals surface area contributed by atoms with Crippen LogP contribution in [0.5, 0.6) is 0 Å². The van der Waals surface area contributed by atoms with Gasteiger partial charge in [-0.3, -0.25) is 4.79 Å². The number of para-hydroxylation sites is 2. The molecule has 0 unspecified atom stereocenters. The second-order valence-electron chi connectivity index (χ2n) is 6.58. The number of rotatable bonds is 4. The third kappa shape index (κ3) is 2.63. The predicted molar refractivity (Wildman–Crippen MR) is 109 cm³/mol. The standard InChI is InChI=1S/C19H17N7OS/c1-12-7-9-13(10-8-12)20-16(27)11-28-19-22-21-17-25-15-6-4-3-5-14(15)24(2)18(25)23-26(17)19/h3-10H,11H2,1-2H3,(H,20,27). The molecule has 3 heterocycles. The van der Waals surface area contributed by atoms with E-state index in [9.17, 15) is 4.79 Å². The van der Waals surface area contributed by atoms with Gasteiger partial charge in [0.1, 0.15) is 0 Å². The van der Waals surface area contributed by atoms with Gasteiger partial charge in [0.05, 0.1) is 16.8 Å². The van der Waals surface area contributed by atoms with Crippen molar-refractivity contribution in [2.24, 2.45) is 7.05 Å². The monoisotopic (exact) mass is 391 g/mol. The minimum atomic E-state index is -0.0974. The SMILES string of the molecule is Cc1ccc(NC(=O)CSc2nnc3n2nc2n(C)c4ccccc4n23)cc1. The van der Waals surface area contributed by atoms with Gasteiger partial charge >= 0.3 is 0 Å². The minimum Gasteiger partial charge on any atom is -0.325 e. The van der Waals surface area contributed by atoms with Crippen LogP contribution in [0.15, 0.2) is 53.7 Å². The molecule has 5 aromatic rings. The van der Waals surface area contributed by atoms with Crippen molar-refractivity contribution >= 4 is 45.9 Å². The second-order valence-corrected chi connectivity index (χ2v) is 7.52. The van der Waals surface area contributed by atoms with Gasteiger partial charge in [0.15, 0.2) is 0 Å². The molecule has 0 aliphatic rings. The molecule has 0 saturated heterocycles. The van der Waals surface area contributed by atoms with E-state index in [1.54, 1.807) is 4.52 Å². The maximum Gasteiger partial charge on any atom is 0.260 e.